The van der Waals surface area contributed by atoms with Crippen LogP contribution < -0.4 is 15.4 Å². The molecule has 1 amide bonds. The third-order valence-electron chi connectivity index (χ3n) is 3.15. The van der Waals surface area contributed by atoms with Gasteiger partial charge in [0.1, 0.15) is 5.75 Å². The van der Waals surface area contributed by atoms with Gasteiger partial charge in [-0.05, 0) is 37.2 Å². The number of aryl methyl sites for hydroxylation is 1. The van der Waals surface area contributed by atoms with Gasteiger partial charge in [-0.25, -0.2) is 4.98 Å². The number of hydrogen-bond acceptors (Lipinski definition) is 4. The average molecular weight is 299 g/mol. The summed E-state index contributed by atoms with van der Waals surface area (Å²) in [5.41, 5.74) is 1.88. The van der Waals surface area contributed by atoms with Crippen LogP contribution in [0, 0.1) is 0 Å². The van der Waals surface area contributed by atoms with Crippen LogP contribution in [0.15, 0.2) is 42.6 Å². The molecule has 0 aliphatic heterocycles. The third-order valence-corrected chi connectivity index (χ3v) is 3.15. The van der Waals surface area contributed by atoms with E-state index in [4.69, 9.17) is 4.74 Å². The van der Waals surface area contributed by atoms with Gasteiger partial charge in [0.05, 0.1) is 11.9 Å². The fourth-order valence-electron chi connectivity index (χ4n) is 1.93. The summed E-state index contributed by atoms with van der Waals surface area (Å²) in [7, 11) is 1.81. The zero-order valence-corrected chi connectivity index (χ0v) is 12.9. The quantitative estimate of drug-likeness (QED) is 0.825. The second-order valence-electron chi connectivity index (χ2n) is 4.89. The summed E-state index contributed by atoms with van der Waals surface area (Å²) >= 11 is 0. The summed E-state index contributed by atoms with van der Waals surface area (Å²) in [5.74, 6) is 1.22. The molecule has 0 unspecified atom stereocenters. The zero-order valence-electron chi connectivity index (χ0n) is 12.9. The molecule has 22 heavy (non-hydrogen) atoms. The molecule has 1 aromatic carbocycles. The Kier molecular flexibility index (Phi) is 5.91. The second kappa shape index (κ2) is 8.14. The summed E-state index contributed by atoms with van der Waals surface area (Å²) in [5, 5.41) is 5.72. The lowest BCUT2D eigenvalue weighted by atomic mass is 10.2. The first-order valence-corrected chi connectivity index (χ1v) is 7.38. The van der Waals surface area contributed by atoms with Crippen molar-refractivity contribution in [3.8, 4) is 11.6 Å². The van der Waals surface area contributed by atoms with E-state index < -0.39 is 0 Å². The average Bonchev–Trinajstić information content (AvgIpc) is 2.55. The molecular formula is C17H21N3O2. The zero-order chi connectivity index (χ0) is 15.8. The highest BCUT2D eigenvalue weighted by Crippen LogP contribution is 2.21. The highest BCUT2D eigenvalue weighted by atomic mass is 16.5. The van der Waals surface area contributed by atoms with Crippen molar-refractivity contribution in [3.63, 3.8) is 0 Å². The number of anilines is 1. The van der Waals surface area contributed by atoms with Crippen molar-refractivity contribution in [2.75, 3.05) is 18.9 Å². The van der Waals surface area contributed by atoms with Crippen LogP contribution in [0.4, 0.5) is 5.69 Å². The van der Waals surface area contributed by atoms with Gasteiger partial charge in [0.25, 0.3) is 0 Å². The minimum atomic E-state index is -0.0412. The van der Waals surface area contributed by atoms with Crippen molar-refractivity contribution in [2.24, 2.45) is 0 Å². The molecule has 0 atom stereocenters. The highest BCUT2D eigenvalue weighted by Gasteiger charge is 2.03. The lowest BCUT2D eigenvalue weighted by Gasteiger charge is -2.08. The Labute approximate surface area is 130 Å². The molecule has 1 aromatic heterocycles. The van der Waals surface area contributed by atoms with Crippen molar-refractivity contribution in [1.82, 2.24) is 10.3 Å². The predicted molar refractivity (Wildman–Crippen MR) is 87.3 cm³/mol. The Morgan fingerprint density at radius 2 is 2.14 bits per heavy atom. The largest absolute Gasteiger partial charge is 0.439 e. The number of pyridine rings is 1. The normalized spacial score (nSPS) is 10.3. The van der Waals surface area contributed by atoms with Gasteiger partial charge in [-0.2, -0.15) is 0 Å². The summed E-state index contributed by atoms with van der Waals surface area (Å²) < 4.78 is 5.71. The van der Waals surface area contributed by atoms with E-state index in [0.717, 1.165) is 12.2 Å². The molecule has 0 saturated carbocycles. The number of aromatic nitrogens is 1. The molecule has 116 valence electrons. The molecular weight excluding hydrogens is 278 g/mol. The first kappa shape index (κ1) is 16.0. The molecule has 2 rings (SSSR count). The maximum absolute atomic E-state index is 11.6. The molecule has 0 bridgehead atoms. The first-order chi connectivity index (χ1) is 10.7. The number of rotatable bonds is 7. The van der Waals surface area contributed by atoms with E-state index in [2.05, 4.69) is 28.6 Å². The standard InChI is InChI=1S/C17H21N3O2/c1-3-13-5-4-6-15(11-13)22-17-8-7-14(12-19-17)20-16(21)9-10-18-2/h4-8,11-12,18H,3,9-10H2,1-2H3,(H,20,21). The van der Waals surface area contributed by atoms with E-state index in [9.17, 15) is 4.79 Å². The van der Waals surface area contributed by atoms with Crippen molar-refractivity contribution in [3.05, 3.63) is 48.2 Å². The number of carbonyl (C=O) groups excluding carboxylic acids is 1. The molecule has 5 heteroatoms. The number of ether oxygens (including phenoxy) is 1. The molecule has 0 fully saturated rings. The molecule has 0 spiro atoms. The van der Waals surface area contributed by atoms with Crippen LogP contribution in [-0.2, 0) is 11.2 Å². The van der Waals surface area contributed by atoms with Crippen molar-refractivity contribution in [1.29, 1.82) is 0 Å². The van der Waals surface area contributed by atoms with Gasteiger partial charge in [0, 0.05) is 19.0 Å². The van der Waals surface area contributed by atoms with Crippen LogP contribution in [-0.4, -0.2) is 24.5 Å². The molecule has 1 heterocycles. The van der Waals surface area contributed by atoms with Gasteiger partial charge in [-0.15, -0.1) is 0 Å². The number of hydrogen-bond donors (Lipinski definition) is 2. The van der Waals surface area contributed by atoms with Crippen LogP contribution >= 0.6 is 0 Å². The van der Waals surface area contributed by atoms with Gasteiger partial charge < -0.3 is 15.4 Å². The summed E-state index contributed by atoms with van der Waals surface area (Å²) in [6.45, 7) is 2.75. The molecule has 0 aliphatic rings. The SMILES string of the molecule is CCc1cccc(Oc2ccc(NC(=O)CCNC)cn2)c1. The Bertz CT molecular complexity index is 612. The van der Waals surface area contributed by atoms with Crippen LogP contribution in [0.25, 0.3) is 0 Å². The number of nitrogens with zero attached hydrogens (tertiary/aromatic N) is 1. The Morgan fingerprint density at radius 3 is 2.82 bits per heavy atom. The molecule has 0 aliphatic carbocycles. The number of carbonyl (C=O) groups is 1. The van der Waals surface area contributed by atoms with Crippen molar-refractivity contribution in [2.45, 2.75) is 19.8 Å². The molecule has 5 nitrogen and oxygen atoms in total. The van der Waals surface area contributed by atoms with Crippen LogP contribution in [0.5, 0.6) is 11.6 Å². The Morgan fingerprint density at radius 1 is 1.27 bits per heavy atom. The third kappa shape index (κ3) is 4.86. The minimum Gasteiger partial charge on any atom is -0.439 e. The van der Waals surface area contributed by atoms with Crippen molar-refractivity contribution < 1.29 is 9.53 Å². The van der Waals surface area contributed by atoms with E-state index in [1.807, 2.05) is 25.2 Å². The predicted octanol–water partition coefficient (Wildman–Crippen LogP) is 2.98. The fourth-order valence-corrected chi connectivity index (χ4v) is 1.93. The van der Waals surface area contributed by atoms with Crippen LogP contribution in [0.2, 0.25) is 0 Å². The van der Waals surface area contributed by atoms with Gasteiger partial charge in [-0.3, -0.25) is 4.79 Å². The van der Waals surface area contributed by atoms with Crippen LogP contribution in [0.3, 0.4) is 0 Å². The number of benzene rings is 1. The van der Waals surface area contributed by atoms with Gasteiger partial charge in [0.2, 0.25) is 11.8 Å². The topological polar surface area (TPSA) is 63.2 Å². The fraction of sp³-hybridized carbons (Fsp3) is 0.294. The van der Waals surface area contributed by atoms with E-state index in [1.54, 1.807) is 18.3 Å². The van der Waals surface area contributed by atoms with Crippen molar-refractivity contribution >= 4 is 11.6 Å². The lowest BCUT2D eigenvalue weighted by molar-refractivity contribution is -0.116. The molecule has 2 aromatic rings. The second-order valence-corrected chi connectivity index (χ2v) is 4.89. The maximum atomic E-state index is 11.6. The molecule has 2 N–H and O–H groups in total. The van der Waals surface area contributed by atoms with E-state index in [0.29, 0.717) is 24.5 Å². The maximum Gasteiger partial charge on any atom is 0.225 e. The smallest absolute Gasteiger partial charge is 0.225 e. The Balaban J connectivity index is 1.95. The summed E-state index contributed by atoms with van der Waals surface area (Å²) in [4.78, 5) is 15.8. The highest BCUT2D eigenvalue weighted by molar-refractivity contribution is 5.90. The monoisotopic (exact) mass is 299 g/mol. The van der Waals surface area contributed by atoms with E-state index in [-0.39, 0.29) is 5.91 Å². The number of amides is 1. The molecule has 0 radical (unpaired) electrons. The minimum absolute atomic E-state index is 0.0412. The summed E-state index contributed by atoms with van der Waals surface area (Å²) in [6.07, 6.45) is 2.98. The van der Waals surface area contributed by atoms with E-state index in [1.165, 1.54) is 5.56 Å². The van der Waals surface area contributed by atoms with Gasteiger partial charge in [0.15, 0.2) is 0 Å². The van der Waals surface area contributed by atoms with Crippen LogP contribution in [0.1, 0.15) is 18.9 Å². The first-order valence-electron chi connectivity index (χ1n) is 7.38. The van der Waals surface area contributed by atoms with Gasteiger partial charge >= 0.3 is 0 Å². The molecule has 0 saturated heterocycles. The number of nitrogens with one attached hydrogen (secondary N) is 2. The Hall–Kier alpha value is -2.40. The van der Waals surface area contributed by atoms with E-state index >= 15 is 0 Å². The summed E-state index contributed by atoms with van der Waals surface area (Å²) in [6, 6.07) is 11.4. The lowest BCUT2D eigenvalue weighted by Crippen LogP contribution is -2.18. The van der Waals surface area contributed by atoms with Gasteiger partial charge in [-0.1, -0.05) is 19.1 Å².